The lowest BCUT2D eigenvalue weighted by Gasteiger charge is -2.57. The number of anilines is 3. The summed E-state index contributed by atoms with van der Waals surface area (Å²) in [5.41, 5.74) is 2.89. The molecule has 0 radical (unpaired) electrons. The van der Waals surface area contributed by atoms with Crippen LogP contribution >= 0.6 is 0 Å². The molecule has 1 aromatic heterocycles. The molecule has 4 aliphatic carbocycles. The third kappa shape index (κ3) is 4.11. The number of aromatic hydroxyl groups is 1. The third-order valence-corrected chi connectivity index (χ3v) is 8.77. The van der Waals surface area contributed by atoms with E-state index in [1.54, 1.807) is 29.6 Å². The van der Waals surface area contributed by atoms with Crippen LogP contribution in [-0.4, -0.2) is 51.0 Å². The number of benzene rings is 2. The molecule has 9 nitrogen and oxygen atoms in total. The standard InChI is InChI=1S/C29H31N5O4/c35-23-7-5-19(6-8-23)22-16-30-27(31-17-22)33-9-10-34(25-4-2-1-3-24(25)33)38-28(36)32-26-20-11-18-12-21(26)15-29(37,13-18)14-20/h1-8,16-18,20-21,26,35,37H,9-15H2,(H,32,36)/t18?,20-,21+,26?,29?. The largest absolute Gasteiger partial charge is 0.508 e. The Hall–Kier alpha value is -3.85. The molecule has 3 aromatic rings. The number of rotatable bonds is 4. The van der Waals surface area contributed by atoms with Gasteiger partial charge in [-0.05, 0) is 79.7 Å². The van der Waals surface area contributed by atoms with Gasteiger partial charge in [0.2, 0.25) is 5.95 Å². The Morgan fingerprint density at radius 1 is 0.921 bits per heavy atom. The lowest BCUT2D eigenvalue weighted by Crippen LogP contribution is -2.62. The van der Waals surface area contributed by atoms with Crippen LogP contribution < -0.4 is 15.3 Å². The zero-order chi connectivity index (χ0) is 25.9. The Kier molecular flexibility index (Phi) is 5.43. The summed E-state index contributed by atoms with van der Waals surface area (Å²) in [6, 6.07) is 14.8. The Bertz CT molecular complexity index is 1330. The lowest BCUT2D eigenvalue weighted by atomic mass is 9.52. The van der Waals surface area contributed by atoms with Gasteiger partial charge < -0.3 is 25.3 Å². The van der Waals surface area contributed by atoms with Crippen LogP contribution in [0.3, 0.4) is 0 Å². The molecule has 3 unspecified atom stereocenters. The molecule has 1 amide bonds. The summed E-state index contributed by atoms with van der Waals surface area (Å²) < 4.78 is 0. The number of fused-ring (bicyclic) bond motifs is 1. The van der Waals surface area contributed by atoms with Gasteiger partial charge in [0.05, 0.1) is 23.5 Å². The van der Waals surface area contributed by atoms with Gasteiger partial charge in [-0.3, -0.25) is 0 Å². The van der Waals surface area contributed by atoms with Crippen molar-refractivity contribution in [2.75, 3.05) is 23.1 Å². The van der Waals surface area contributed by atoms with Crippen LogP contribution in [0.4, 0.5) is 22.1 Å². The highest BCUT2D eigenvalue weighted by Crippen LogP contribution is 2.55. The molecule has 8 rings (SSSR count). The maximum Gasteiger partial charge on any atom is 0.431 e. The minimum absolute atomic E-state index is 0.0661. The molecule has 1 aliphatic heterocycles. The molecule has 4 fully saturated rings. The number of aliphatic hydroxyl groups is 1. The highest BCUT2D eigenvalue weighted by Gasteiger charge is 2.55. The number of nitrogens with zero attached hydrogens (tertiary/aromatic N) is 4. The predicted octanol–water partition coefficient (Wildman–Crippen LogP) is 4.39. The number of carbonyl (C=O) groups is 1. The van der Waals surface area contributed by atoms with Crippen molar-refractivity contribution < 1.29 is 19.8 Å². The highest BCUT2D eigenvalue weighted by atomic mass is 16.7. The number of hydrogen-bond donors (Lipinski definition) is 3. The number of phenols is 1. The zero-order valence-corrected chi connectivity index (χ0v) is 21.0. The summed E-state index contributed by atoms with van der Waals surface area (Å²) in [6.07, 6.45) is 7.74. The first-order chi connectivity index (χ1) is 18.4. The van der Waals surface area contributed by atoms with E-state index < -0.39 is 11.7 Å². The van der Waals surface area contributed by atoms with Gasteiger partial charge in [0.1, 0.15) is 5.75 Å². The molecule has 0 spiro atoms. The first-order valence-corrected chi connectivity index (χ1v) is 13.4. The molecule has 196 valence electrons. The zero-order valence-electron chi connectivity index (χ0n) is 21.0. The number of carbonyl (C=O) groups excluding carboxylic acids is 1. The van der Waals surface area contributed by atoms with Crippen molar-refractivity contribution in [3.8, 4) is 16.9 Å². The van der Waals surface area contributed by atoms with Crippen LogP contribution in [0.1, 0.15) is 32.1 Å². The van der Waals surface area contributed by atoms with Crippen LogP contribution in [-0.2, 0) is 4.84 Å². The molecule has 2 aromatic carbocycles. The molecule has 5 aliphatic rings. The van der Waals surface area contributed by atoms with E-state index in [0.717, 1.165) is 54.6 Å². The molecule has 3 N–H and O–H groups in total. The quantitative estimate of drug-likeness (QED) is 0.471. The average Bonchev–Trinajstić information content (AvgIpc) is 2.91. The molecule has 2 heterocycles. The monoisotopic (exact) mass is 513 g/mol. The maximum atomic E-state index is 13.0. The number of amides is 1. The average molecular weight is 514 g/mol. The molecular weight excluding hydrogens is 482 g/mol. The van der Waals surface area contributed by atoms with Crippen molar-refractivity contribution in [2.24, 2.45) is 17.8 Å². The van der Waals surface area contributed by atoms with E-state index in [9.17, 15) is 15.0 Å². The second-order valence-corrected chi connectivity index (χ2v) is 11.3. The van der Waals surface area contributed by atoms with Crippen LogP contribution in [0, 0.1) is 17.8 Å². The van der Waals surface area contributed by atoms with Crippen molar-refractivity contribution in [3.05, 3.63) is 60.9 Å². The van der Waals surface area contributed by atoms with Crippen molar-refractivity contribution in [3.63, 3.8) is 0 Å². The van der Waals surface area contributed by atoms with Gasteiger partial charge in [-0.1, -0.05) is 24.3 Å². The van der Waals surface area contributed by atoms with Gasteiger partial charge in [-0.2, -0.15) is 0 Å². The summed E-state index contributed by atoms with van der Waals surface area (Å²) in [6.45, 7) is 1.01. The van der Waals surface area contributed by atoms with Crippen LogP contribution in [0.25, 0.3) is 11.1 Å². The summed E-state index contributed by atoms with van der Waals surface area (Å²) in [5.74, 6) is 2.02. The smallest absolute Gasteiger partial charge is 0.431 e. The number of aromatic nitrogens is 2. The van der Waals surface area contributed by atoms with Crippen molar-refractivity contribution >= 4 is 23.4 Å². The topological polar surface area (TPSA) is 111 Å². The van der Waals surface area contributed by atoms with Crippen LogP contribution in [0.2, 0.25) is 0 Å². The second-order valence-electron chi connectivity index (χ2n) is 11.3. The molecule has 9 heteroatoms. The first-order valence-electron chi connectivity index (χ1n) is 13.4. The van der Waals surface area contributed by atoms with Crippen molar-refractivity contribution in [1.29, 1.82) is 0 Å². The third-order valence-electron chi connectivity index (χ3n) is 8.77. The Labute approximate surface area is 221 Å². The molecule has 4 saturated carbocycles. The first kappa shape index (κ1) is 23.3. The summed E-state index contributed by atoms with van der Waals surface area (Å²) >= 11 is 0. The van der Waals surface area contributed by atoms with Crippen LogP contribution in [0.5, 0.6) is 5.75 Å². The summed E-state index contributed by atoms with van der Waals surface area (Å²) in [5, 5.41) is 25.2. The van der Waals surface area contributed by atoms with Gasteiger partial charge in [0, 0.05) is 30.5 Å². The molecule has 5 atom stereocenters. The minimum Gasteiger partial charge on any atom is -0.508 e. The molecule has 38 heavy (non-hydrogen) atoms. The fourth-order valence-corrected chi connectivity index (χ4v) is 7.38. The summed E-state index contributed by atoms with van der Waals surface area (Å²) in [4.78, 5) is 30.1. The molecule has 4 bridgehead atoms. The van der Waals surface area contributed by atoms with E-state index >= 15 is 0 Å². The van der Waals surface area contributed by atoms with Gasteiger partial charge in [0.15, 0.2) is 0 Å². The Balaban J connectivity index is 1.05. The summed E-state index contributed by atoms with van der Waals surface area (Å²) in [7, 11) is 0. The van der Waals surface area contributed by atoms with E-state index in [2.05, 4.69) is 15.3 Å². The van der Waals surface area contributed by atoms with Crippen LogP contribution in [0.15, 0.2) is 60.9 Å². The number of phenolic OH excluding ortho intramolecular Hbond substituents is 1. The normalized spacial score (nSPS) is 29.2. The minimum atomic E-state index is -0.530. The van der Waals surface area contributed by atoms with Crippen molar-refractivity contribution in [2.45, 2.75) is 43.7 Å². The number of hydroxylamine groups is 1. The predicted molar refractivity (Wildman–Crippen MR) is 142 cm³/mol. The van der Waals surface area contributed by atoms with Gasteiger partial charge >= 0.3 is 6.09 Å². The second kappa shape index (κ2) is 8.87. The fraction of sp³-hybridized carbons (Fsp3) is 0.414. The van der Waals surface area contributed by atoms with E-state index in [-0.39, 0.29) is 11.8 Å². The number of hydrogen-bond acceptors (Lipinski definition) is 8. The fourth-order valence-electron chi connectivity index (χ4n) is 7.38. The molecular formula is C29H31N5O4. The van der Waals surface area contributed by atoms with Crippen molar-refractivity contribution in [1.82, 2.24) is 15.3 Å². The Morgan fingerprint density at radius 3 is 2.29 bits per heavy atom. The van der Waals surface area contributed by atoms with E-state index in [1.807, 2.05) is 41.3 Å². The van der Waals surface area contributed by atoms with E-state index in [4.69, 9.17) is 4.84 Å². The molecule has 0 saturated heterocycles. The van der Waals surface area contributed by atoms with E-state index in [1.165, 1.54) is 0 Å². The van der Waals surface area contributed by atoms with Gasteiger partial charge in [-0.25, -0.2) is 19.8 Å². The Morgan fingerprint density at radius 2 is 1.61 bits per heavy atom. The SMILES string of the molecule is O=C(NC1[C@@H]2CC3C[C@H]1CC(O)(C3)C2)ON1CCN(c2ncc(-c3ccc(O)cc3)cn2)c2ccccc21. The van der Waals surface area contributed by atoms with Gasteiger partial charge in [0.25, 0.3) is 0 Å². The number of nitrogens with one attached hydrogen (secondary N) is 1. The maximum absolute atomic E-state index is 13.0. The number of para-hydroxylation sites is 2. The highest BCUT2D eigenvalue weighted by molar-refractivity contribution is 5.79. The van der Waals surface area contributed by atoms with E-state index in [0.29, 0.717) is 36.8 Å². The van der Waals surface area contributed by atoms with Gasteiger partial charge in [-0.15, -0.1) is 0 Å². The lowest BCUT2D eigenvalue weighted by molar-refractivity contribution is -0.137.